The zero-order valence-electron chi connectivity index (χ0n) is 13.8. The number of aromatic amines is 1. The molecule has 2 N–H and O–H groups in total. The minimum absolute atomic E-state index is 0.0963. The van der Waals surface area contributed by atoms with E-state index in [9.17, 15) is 4.79 Å². The van der Waals surface area contributed by atoms with E-state index >= 15 is 0 Å². The van der Waals surface area contributed by atoms with Crippen LogP contribution >= 0.6 is 0 Å². The number of imidazole rings is 1. The van der Waals surface area contributed by atoms with Gasteiger partial charge in [-0.25, -0.2) is 4.98 Å². The van der Waals surface area contributed by atoms with Crippen molar-refractivity contribution in [3.05, 3.63) is 30.1 Å². The first-order chi connectivity index (χ1) is 11.8. The zero-order chi connectivity index (χ0) is 16.8. The number of piperidine rings is 1. The van der Waals surface area contributed by atoms with Gasteiger partial charge in [0.1, 0.15) is 5.82 Å². The number of fused-ring (bicyclic) bond motifs is 1. The summed E-state index contributed by atoms with van der Waals surface area (Å²) in [6.07, 6.45) is 3.03. The summed E-state index contributed by atoms with van der Waals surface area (Å²) in [4.78, 5) is 22.3. The first kappa shape index (κ1) is 16.5. The molecule has 24 heavy (non-hydrogen) atoms. The van der Waals surface area contributed by atoms with Crippen molar-refractivity contribution in [3.8, 4) is 6.07 Å². The molecule has 1 aliphatic rings. The van der Waals surface area contributed by atoms with Crippen LogP contribution in [0, 0.1) is 17.2 Å². The number of H-pyrrole nitrogens is 1. The lowest BCUT2D eigenvalue weighted by Gasteiger charge is -2.30. The van der Waals surface area contributed by atoms with Gasteiger partial charge in [0.2, 0.25) is 5.91 Å². The van der Waals surface area contributed by atoms with E-state index in [1.165, 1.54) is 0 Å². The number of hydrogen-bond donors (Lipinski definition) is 2. The highest BCUT2D eigenvalue weighted by Crippen LogP contribution is 2.17. The Kier molecular flexibility index (Phi) is 5.44. The van der Waals surface area contributed by atoms with Crippen molar-refractivity contribution in [1.82, 2.24) is 20.2 Å². The molecule has 6 heteroatoms. The van der Waals surface area contributed by atoms with Gasteiger partial charge < -0.3 is 15.2 Å². The molecule has 3 rings (SSSR count). The minimum atomic E-state index is 0.0963. The van der Waals surface area contributed by atoms with Crippen LogP contribution in [0.5, 0.6) is 0 Å². The molecule has 6 nitrogen and oxygen atoms in total. The lowest BCUT2D eigenvalue weighted by atomic mass is 9.96. The summed E-state index contributed by atoms with van der Waals surface area (Å²) in [5.74, 6) is 1.15. The Morgan fingerprint density at radius 3 is 2.92 bits per heavy atom. The number of rotatable bonds is 6. The second-order valence-electron chi connectivity index (χ2n) is 6.27. The van der Waals surface area contributed by atoms with Gasteiger partial charge >= 0.3 is 0 Å². The van der Waals surface area contributed by atoms with E-state index in [1.807, 2.05) is 24.3 Å². The topological polar surface area (TPSA) is 84.8 Å². The van der Waals surface area contributed by atoms with Gasteiger partial charge in [-0.15, -0.1) is 0 Å². The molecule has 1 fully saturated rings. The molecule has 0 atom stereocenters. The Hall–Kier alpha value is -2.39. The number of amides is 1. The highest BCUT2D eigenvalue weighted by atomic mass is 16.1. The number of aromatic nitrogens is 2. The lowest BCUT2D eigenvalue weighted by molar-refractivity contribution is -0.126. The van der Waals surface area contributed by atoms with Crippen molar-refractivity contribution in [2.75, 3.05) is 26.2 Å². The number of nitrogens with zero attached hydrogens (tertiary/aromatic N) is 3. The molecular weight excluding hydrogens is 302 g/mol. The van der Waals surface area contributed by atoms with Crippen LogP contribution in [0.25, 0.3) is 11.0 Å². The van der Waals surface area contributed by atoms with Gasteiger partial charge in [-0.2, -0.15) is 5.26 Å². The average Bonchev–Trinajstić information content (AvgIpc) is 3.03. The third-order valence-electron chi connectivity index (χ3n) is 4.60. The fourth-order valence-corrected chi connectivity index (χ4v) is 3.20. The standard InChI is InChI=1S/C18H23N5O/c19-9-3-11-23-12-7-14(8-13-23)18(24)20-10-6-17-21-15-4-1-2-5-16(15)22-17/h1-2,4-5,14H,3,6-8,10-13H2,(H,20,24)(H,21,22). The Bertz CT molecular complexity index is 691. The molecule has 0 spiro atoms. The van der Waals surface area contributed by atoms with Crippen LogP contribution < -0.4 is 5.32 Å². The molecule has 1 aliphatic heterocycles. The van der Waals surface area contributed by atoms with Crippen molar-refractivity contribution in [2.45, 2.75) is 25.7 Å². The van der Waals surface area contributed by atoms with Crippen LogP contribution in [0.2, 0.25) is 0 Å². The predicted molar refractivity (Wildman–Crippen MR) is 92.2 cm³/mol. The maximum Gasteiger partial charge on any atom is 0.223 e. The summed E-state index contributed by atoms with van der Waals surface area (Å²) in [5, 5.41) is 11.7. The fourth-order valence-electron chi connectivity index (χ4n) is 3.20. The van der Waals surface area contributed by atoms with Crippen molar-refractivity contribution in [1.29, 1.82) is 5.26 Å². The average molecular weight is 325 g/mol. The number of carbonyl (C=O) groups is 1. The Morgan fingerprint density at radius 2 is 2.17 bits per heavy atom. The summed E-state index contributed by atoms with van der Waals surface area (Å²) in [5.41, 5.74) is 1.99. The third kappa shape index (κ3) is 4.12. The molecule has 126 valence electrons. The molecule has 1 aromatic carbocycles. The van der Waals surface area contributed by atoms with Crippen LogP contribution in [0.15, 0.2) is 24.3 Å². The van der Waals surface area contributed by atoms with E-state index in [1.54, 1.807) is 0 Å². The van der Waals surface area contributed by atoms with Crippen molar-refractivity contribution < 1.29 is 4.79 Å². The van der Waals surface area contributed by atoms with E-state index in [-0.39, 0.29) is 11.8 Å². The molecule has 2 aromatic rings. The van der Waals surface area contributed by atoms with Gasteiger partial charge in [0.15, 0.2) is 0 Å². The van der Waals surface area contributed by atoms with Gasteiger partial charge in [-0.3, -0.25) is 4.79 Å². The van der Waals surface area contributed by atoms with Crippen molar-refractivity contribution in [2.24, 2.45) is 5.92 Å². The smallest absolute Gasteiger partial charge is 0.223 e. The van der Waals surface area contributed by atoms with Crippen molar-refractivity contribution in [3.63, 3.8) is 0 Å². The quantitative estimate of drug-likeness (QED) is 0.849. The van der Waals surface area contributed by atoms with Crippen molar-refractivity contribution >= 4 is 16.9 Å². The molecule has 1 aromatic heterocycles. The molecule has 0 unspecified atom stereocenters. The van der Waals surface area contributed by atoms with E-state index in [4.69, 9.17) is 5.26 Å². The van der Waals surface area contributed by atoms with Crippen LogP contribution in [0.3, 0.4) is 0 Å². The number of likely N-dealkylation sites (tertiary alicyclic amines) is 1. The van der Waals surface area contributed by atoms with Gasteiger partial charge in [-0.1, -0.05) is 12.1 Å². The monoisotopic (exact) mass is 325 g/mol. The van der Waals surface area contributed by atoms with Gasteiger partial charge in [0.25, 0.3) is 0 Å². The van der Waals surface area contributed by atoms with Crippen LogP contribution in [-0.2, 0) is 11.2 Å². The molecule has 1 amide bonds. The van der Waals surface area contributed by atoms with E-state index in [0.717, 1.165) is 49.3 Å². The van der Waals surface area contributed by atoms with Gasteiger partial charge in [0.05, 0.1) is 17.1 Å². The number of nitrogens with one attached hydrogen (secondary N) is 2. The molecule has 0 saturated carbocycles. The SMILES string of the molecule is N#CCCN1CCC(C(=O)NCCc2nc3ccccc3[nH]2)CC1. The number of hydrogen-bond acceptors (Lipinski definition) is 4. The summed E-state index contributed by atoms with van der Waals surface area (Å²) in [6, 6.07) is 10.1. The van der Waals surface area contributed by atoms with E-state index < -0.39 is 0 Å². The highest BCUT2D eigenvalue weighted by molar-refractivity contribution is 5.78. The van der Waals surface area contributed by atoms with Crippen LogP contribution in [-0.4, -0.2) is 47.0 Å². The second-order valence-corrected chi connectivity index (χ2v) is 6.27. The maximum absolute atomic E-state index is 12.3. The summed E-state index contributed by atoms with van der Waals surface area (Å²) < 4.78 is 0. The normalized spacial score (nSPS) is 16.1. The molecular formula is C18H23N5O. The first-order valence-corrected chi connectivity index (χ1v) is 8.57. The van der Waals surface area contributed by atoms with Gasteiger partial charge in [-0.05, 0) is 38.1 Å². The Labute approximate surface area is 141 Å². The number of para-hydroxylation sites is 2. The number of nitriles is 1. The molecule has 2 heterocycles. The fraction of sp³-hybridized carbons (Fsp3) is 0.500. The Balaban J connectivity index is 1.40. The second kappa shape index (κ2) is 7.93. The third-order valence-corrected chi connectivity index (χ3v) is 4.60. The molecule has 0 radical (unpaired) electrons. The zero-order valence-corrected chi connectivity index (χ0v) is 13.8. The summed E-state index contributed by atoms with van der Waals surface area (Å²) in [6.45, 7) is 3.23. The molecule has 0 aliphatic carbocycles. The van der Waals surface area contributed by atoms with Crippen LogP contribution in [0.1, 0.15) is 25.1 Å². The largest absolute Gasteiger partial charge is 0.355 e. The minimum Gasteiger partial charge on any atom is -0.355 e. The highest BCUT2D eigenvalue weighted by Gasteiger charge is 2.24. The Morgan fingerprint density at radius 1 is 1.38 bits per heavy atom. The predicted octanol–water partition coefficient (Wildman–Crippen LogP) is 1.85. The van der Waals surface area contributed by atoms with E-state index in [0.29, 0.717) is 19.4 Å². The maximum atomic E-state index is 12.3. The number of benzene rings is 1. The molecule has 1 saturated heterocycles. The number of carbonyl (C=O) groups excluding carboxylic acids is 1. The lowest BCUT2D eigenvalue weighted by Crippen LogP contribution is -2.41. The van der Waals surface area contributed by atoms with Gasteiger partial charge in [0, 0.05) is 31.8 Å². The molecule has 0 bridgehead atoms. The van der Waals surface area contributed by atoms with Crippen LogP contribution in [0.4, 0.5) is 0 Å². The summed E-state index contributed by atoms with van der Waals surface area (Å²) in [7, 11) is 0. The van der Waals surface area contributed by atoms with E-state index in [2.05, 4.69) is 26.3 Å². The first-order valence-electron chi connectivity index (χ1n) is 8.57. The summed E-state index contributed by atoms with van der Waals surface area (Å²) >= 11 is 0.